The molecule has 6 nitrogen and oxygen atoms in total. The zero-order valence-electron chi connectivity index (χ0n) is 25.7. The highest BCUT2D eigenvalue weighted by atomic mass is 16.5. The predicted octanol–water partition coefficient (Wildman–Crippen LogP) is 8.61. The highest BCUT2D eigenvalue weighted by Gasteiger charge is 2.17. The Morgan fingerprint density at radius 1 is 0.535 bits per heavy atom. The molecule has 0 saturated carbocycles. The molecule has 0 unspecified atom stereocenters. The summed E-state index contributed by atoms with van der Waals surface area (Å²) < 4.78 is 22.4. The third-order valence-electron chi connectivity index (χ3n) is 7.63. The van der Waals surface area contributed by atoms with E-state index < -0.39 is 0 Å². The zero-order valence-corrected chi connectivity index (χ0v) is 25.7. The van der Waals surface area contributed by atoms with Crippen molar-refractivity contribution >= 4 is 12.2 Å². The van der Waals surface area contributed by atoms with E-state index in [0.717, 1.165) is 67.2 Å². The largest absolute Gasteiger partial charge is 0.496 e. The molecule has 0 bridgehead atoms. The molecule has 0 radical (unpaired) electrons. The molecule has 0 aliphatic carbocycles. The molecule has 5 aromatic rings. The lowest BCUT2D eigenvalue weighted by atomic mass is 9.97. The summed E-state index contributed by atoms with van der Waals surface area (Å²) in [4.78, 5) is 9.87. The average Bonchev–Trinajstić information content (AvgIpc) is 3.04. The standard InChI is InChI=1S/C37H36N2O4/c1-23-15-29(20-32(40-4)25(23)3)35-24(2)16-31(22-38-35)36-27(14-13-26-11-9-8-10-12-26)17-30(21-39-36)28-18-33(41-5)37(43-7)34(19-28)42-6/h8-22H,1-7H3/b14-13+. The van der Waals surface area contributed by atoms with Crippen LogP contribution in [0.25, 0.3) is 45.8 Å². The van der Waals surface area contributed by atoms with Gasteiger partial charge in [0.15, 0.2) is 11.5 Å². The van der Waals surface area contributed by atoms with Crippen molar-refractivity contribution in [3.8, 4) is 56.6 Å². The minimum Gasteiger partial charge on any atom is -0.496 e. The van der Waals surface area contributed by atoms with Crippen molar-refractivity contribution in [2.24, 2.45) is 0 Å². The maximum absolute atomic E-state index is 5.62. The molecule has 0 amide bonds. The van der Waals surface area contributed by atoms with Crippen molar-refractivity contribution in [1.29, 1.82) is 0 Å². The number of aromatic nitrogens is 2. The predicted molar refractivity (Wildman–Crippen MR) is 174 cm³/mol. The molecule has 43 heavy (non-hydrogen) atoms. The van der Waals surface area contributed by atoms with E-state index in [2.05, 4.69) is 69.3 Å². The fraction of sp³-hybridized carbons (Fsp3) is 0.189. The molecule has 0 aliphatic heterocycles. The van der Waals surface area contributed by atoms with Crippen LogP contribution in [0.1, 0.15) is 27.8 Å². The van der Waals surface area contributed by atoms with Crippen LogP contribution < -0.4 is 18.9 Å². The highest BCUT2D eigenvalue weighted by Crippen LogP contribution is 2.42. The van der Waals surface area contributed by atoms with Gasteiger partial charge in [-0.3, -0.25) is 9.97 Å². The Bertz CT molecular complexity index is 1770. The van der Waals surface area contributed by atoms with Gasteiger partial charge in [-0.05, 0) is 85.0 Å². The molecular weight excluding hydrogens is 536 g/mol. The van der Waals surface area contributed by atoms with E-state index in [4.69, 9.17) is 28.9 Å². The monoisotopic (exact) mass is 572 g/mol. The van der Waals surface area contributed by atoms with Gasteiger partial charge in [0.05, 0.1) is 39.8 Å². The van der Waals surface area contributed by atoms with Gasteiger partial charge in [0, 0.05) is 34.6 Å². The number of benzene rings is 3. The maximum Gasteiger partial charge on any atom is 0.203 e. The number of aryl methyl sites for hydroxylation is 2. The minimum atomic E-state index is 0.547. The number of nitrogens with zero attached hydrogens (tertiary/aromatic N) is 2. The third kappa shape index (κ3) is 6.09. The lowest BCUT2D eigenvalue weighted by Crippen LogP contribution is -1.97. The van der Waals surface area contributed by atoms with Crippen LogP contribution in [0.4, 0.5) is 0 Å². The van der Waals surface area contributed by atoms with Crippen LogP contribution >= 0.6 is 0 Å². The Kier molecular flexibility index (Phi) is 8.77. The first-order chi connectivity index (χ1) is 20.9. The average molecular weight is 573 g/mol. The van der Waals surface area contributed by atoms with Crippen LogP contribution in [-0.4, -0.2) is 38.4 Å². The first kappa shape index (κ1) is 29.4. The lowest BCUT2D eigenvalue weighted by molar-refractivity contribution is 0.324. The van der Waals surface area contributed by atoms with E-state index in [1.807, 2.05) is 42.7 Å². The maximum atomic E-state index is 5.62. The second kappa shape index (κ2) is 12.8. The van der Waals surface area contributed by atoms with Gasteiger partial charge < -0.3 is 18.9 Å². The Balaban J connectivity index is 1.62. The van der Waals surface area contributed by atoms with Crippen LogP contribution in [0.2, 0.25) is 0 Å². The van der Waals surface area contributed by atoms with E-state index in [1.165, 1.54) is 0 Å². The summed E-state index contributed by atoms with van der Waals surface area (Å²) in [5.74, 6) is 2.57. The summed E-state index contributed by atoms with van der Waals surface area (Å²) in [6.07, 6.45) is 7.95. The fourth-order valence-corrected chi connectivity index (χ4v) is 5.19. The van der Waals surface area contributed by atoms with Crippen LogP contribution in [0.5, 0.6) is 23.0 Å². The number of hydrogen-bond acceptors (Lipinski definition) is 6. The number of rotatable bonds is 9. The molecule has 0 N–H and O–H groups in total. The van der Waals surface area contributed by atoms with Crippen molar-refractivity contribution in [3.63, 3.8) is 0 Å². The first-order valence-electron chi connectivity index (χ1n) is 14.0. The third-order valence-corrected chi connectivity index (χ3v) is 7.63. The van der Waals surface area contributed by atoms with E-state index in [9.17, 15) is 0 Å². The van der Waals surface area contributed by atoms with Gasteiger partial charge in [0.2, 0.25) is 5.75 Å². The van der Waals surface area contributed by atoms with Crippen molar-refractivity contribution in [1.82, 2.24) is 9.97 Å². The molecule has 3 aromatic carbocycles. The van der Waals surface area contributed by atoms with Crippen LogP contribution in [0, 0.1) is 20.8 Å². The van der Waals surface area contributed by atoms with E-state index in [0.29, 0.717) is 17.2 Å². The molecule has 0 fully saturated rings. The summed E-state index contributed by atoms with van der Waals surface area (Å²) in [6, 6.07) is 22.6. The Hall–Kier alpha value is -5.10. The number of pyridine rings is 2. The van der Waals surface area contributed by atoms with Gasteiger partial charge in [-0.2, -0.15) is 0 Å². The molecule has 0 atom stereocenters. The summed E-state index contributed by atoms with van der Waals surface area (Å²) in [5, 5.41) is 0. The minimum absolute atomic E-state index is 0.547. The van der Waals surface area contributed by atoms with Gasteiger partial charge in [0.1, 0.15) is 5.75 Å². The second-order valence-corrected chi connectivity index (χ2v) is 10.3. The normalized spacial score (nSPS) is 11.0. The summed E-state index contributed by atoms with van der Waals surface area (Å²) in [6.45, 7) is 6.24. The Labute approximate surface area is 253 Å². The van der Waals surface area contributed by atoms with Gasteiger partial charge in [-0.15, -0.1) is 0 Å². The van der Waals surface area contributed by atoms with Crippen molar-refractivity contribution < 1.29 is 18.9 Å². The number of methoxy groups -OCH3 is 4. The van der Waals surface area contributed by atoms with Crippen LogP contribution in [0.15, 0.2) is 79.1 Å². The van der Waals surface area contributed by atoms with Gasteiger partial charge in [-0.25, -0.2) is 0 Å². The summed E-state index contributed by atoms with van der Waals surface area (Å²) in [5.41, 5.74) is 10.9. The number of ether oxygens (including phenoxy) is 4. The zero-order chi connectivity index (χ0) is 30.5. The highest BCUT2D eigenvalue weighted by molar-refractivity contribution is 5.83. The van der Waals surface area contributed by atoms with Crippen molar-refractivity contribution in [3.05, 3.63) is 107 Å². The van der Waals surface area contributed by atoms with E-state index >= 15 is 0 Å². The van der Waals surface area contributed by atoms with Crippen molar-refractivity contribution in [2.75, 3.05) is 28.4 Å². The lowest BCUT2D eigenvalue weighted by Gasteiger charge is -2.16. The molecule has 0 spiro atoms. The smallest absolute Gasteiger partial charge is 0.203 e. The van der Waals surface area contributed by atoms with Crippen molar-refractivity contribution in [2.45, 2.75) is 20.8 Å². The van der Waals surface area contributed by atoms with Gasteiger partial charge in [0.25, 0.3) is 0 Å². The van der Waals surface area contributed by atoms with Gasteiger partial charge >= 0.3 is 0 Å². The molecule has 2 aromatic heterocycles. The molecule has 218 valence electrons. The molecule has 0 saturated heterocycles. The summed E-state index contributed by atoms with van der Waals surface area (Å²) in [7, 11) is 6.53. The van der Waals surface area contributed by atoms with E-state index in [1.54, 1.807) is 28.4 Å². The topological polar surface area (TPSA) is 62.7 Å². The summed E-state index contributed by atoms with van der Waals surface area (Å²) >= 11 is 0. The molecule has 0 aliphatic rings. The molecule has 5 rings (SSSR count). The van der Waals surface area contributed by atoms with Crippen LogP contribution in [0.3, 0.4) is 0 Å². The van der Waals surface area contributed by atoms with E-state index in [-0.39, 0.29) is 0 Å². The molecule has 6 heteroatoms. The second-order valence-electron chi connectivity index (χ2n) is 10.3. The molecular formula is C37H36N2O4. The first-order valence-corrected chi connectivity index (χ1v) is 14.0. The number of hydrogen-bond donors (Lipinski definition) is 0. The molecule has 2 heterocycles. The fourth-order valence-electron chi connectivity index (χ4n) is 5.19. The Morgan fingerprint density at radius 3 is 1.77 bits per heavy atom. The quantitative estimate of drug-likeness (QED) is 0.176. The Morgan fingerprint density at radius 2 is 1.14 bits per heavy atom. The van der Waals surface area contributed by atoms with Crippen LogP contribution in [-0.2, 0) is 0 Å². The van der Waals surface area contributed by atoms with Gasteiger partial charge in [-0.1, -0.05) is 42.5 Å². The SMILES string of the molecule is COc1cc(-c2ncc(-c3ncc(-c4cc(OC)c(OC)c(OC)c4)cc3/C=C/c3ccccc3)cc2C)cc(C)c1C.